The topological polar surface area (TPSA) is 87.3 Å². The maximum absolute atomic E-state index is 11.6. The lowest BCUT2D eigenvalue weighted by Crippen LogP contribution is -2.53. The number of imide groups is 1. The molecule has 6 heteroatoms. The highest BCUT2D eigenvalue weighted by molar-refractivity contribution is 6.00. The first-order valence-electron chi connectivity index (χ1n) is 6.39. The van der Waals surface area contributed by atoms with Gasteiger partial charge in [-0.1, -0.05) is 13.3 Å². The average Bonchev–Trinajstić information content (AvgIpc) is 2.28. The van der Waals surface area contributed by atoms with E-state index in [2.05, 4.69) is 22.9 Å². The van der Waals surface area contributed by atoms with E-state index in [1.54, 1.807) is 0 Å². The standard InChI is InChI=1S/C12H21N3O3/c1-3-4-8(2)14-11(17)7-13-9-5-6-10(16)15-12(9)18/h8-9,13H,3-7H2,1-2H3,(H,14,17)(H,15,16,18). The van der Waals surface area contributed by atoms with Crippen LogP contribution in [0.5, 0.6) is 0 Å². The first kappa shape index (κ1) is 14.6. The van der Waals surface area contributed by atoms with Crippen molar-refractivity contribution in [3.63, 3.8) is 0 Å². The van der Waals surface area contributed by atoms with Gasteiger partial charge in [0.2, 0.25) is 17.7 Å². The van der Waals surface area contributed by atoms with Crippen LogP contribution in [0.2, 0.25) is 0 Å². The molecule has 0 bridgehead atoms. The van der Waals surface area contributed by atoms with Crippen molar-refractivity contribution in [3.05, 3.63) is 0 Å². The van der Waals surface area contributed by atoms with Gasteiger partial charge in [0.05, 0.1) is 12.6 Å². The summed E-state index contributed by atoms with van der Waals surface area (Å²) in [6.07, 6.45) is 2.71. The van der Waals surface area contributed by atoms with Crippen LogP contribution in [0.1, 0.15) is 39.5 Å². The van der Waals surface area contributed by atoms with Crippen molar-refractivity contribution in [1.29, 1.82) is 0 Å². The van der Waals surface area contributed by atoms with E-state index in [4.69, 9.17) is 0 Å². The molecule has 0 aromatic heterocycles. The molecule has 2 unspecified atom stereocenters. The first-order valence-corrected chi connectivity index (χ1v) is 6.39. The van der Waals surface area contributed by atoms with Gasteiger partial charge in [0.15, 0.2) is 0 Å². The molecule has 0 spiro atoms. The second-order valence-corrected chi connectivity index (χ2v) is 4.64. The van der Waals surface area contributed by atoms with E-state index in [-0.39, 0.29) is 30.3 Å². The van der Waals surface area contributed by atoms with E-state index in [1.165, 1.54) is 0 Å². The second kappa shape index (κ2) is 7.10. The highest BCUT2D eigenvalue weighted by Gasteiger charge is 2.26. The lowest BCUT2D eigenvalue weighted by molar-refractivity contribution is -0.134. The van der Waals surface area contributed by atoms with Crippen molar-refractivity contribution in [2.45, 2.75) is 51.6 Å². The Hall–Kier alpha value is -1.43. The molecule has 1 aliphatic heterocycles. The van der Waals surface area contributed by atoms with Crippen molar-refractivity contribution in [2.24, 2.45) is 0 Å². The molecule has 0 aromatic rings. The number of hydrogen-bond acceptors (Lipinski definition) is 4. The van der Waals surface area contributed by atoms with E-state index < -0.39 is 6.04 Å². The molecular formula is C12H21N3O3. The third kappa shape index (κ3) is 4.83. The van der Waals surface area contributed by atoms with E-state index in [9.17, 15) is 14.4 Å². The summed E-state index contributed by atoms with van der Waals surface area (Å²) in [5.41, 5.74) is 0. The minimum atomic E-state index is -0.449. The largest absolute Gasteiger partial charge is 0.353 e. The molecule has 18 heavy (non-hydrogen) atoms. The van der Waals surface area contributed by atoms with Gasteiger partial charge in [0, 0.05) is 12.5 Å². The average molecular weight is 255 g/mol. The maximum Gasteiger partial charge on any atom is 0.243 e. The Morgan fingerprint density at radius 1 is 1.50 bits per heavy atom. The molecule has 0 aliphatic carbocycles. The molecular weight excluding hydrogens is 234 g/mol. The SMILES string of the molecule is CCCC(C)NC(=O)CNC1CCC(=O)NC1=O. The lowest BCUT2D eigenvalue weighted by atomic mass is 10.1. The van der Waals surface area contributed by atoms with Gasteiger partial charge in [0.1, 0.15) is 0 Å². The Kier molecular flexibility index (Phi) is 5.77. The van der Waals surface area contributed by atoms with Crippen molar-refractivity contribution in [1.82, 2.24) is 16.0 Å². The van der Waals surface area contributed by atoms with Crippen LogP contribution in [0.4, 0.5) is 0 Å². The molecule has 1 saturated heterocycles. The molecule has 3 N–H and O–H groups in total. The van der Waals surface area contributed by atoms with Crippen molar-refractivity contribution < 1.29 is 14.4 Å². The summed E-state index contributed by atoms with van der Waals surface area (Å²) >= 11 is 0. The predicted molar refractivity (Wildman–Crippen MR) is 66.7 cm³/mol. The van der Waals surface area contributed by atoms with Gasteiger partial charge in [-0.3, -0.25) is 25.0 Å². The third-order valence-corrected chi connectivity index (χ3v) is 2.88. The summed E-state index contributed by atoms with van der Waals surface area (Å²) < 4.78 is 0. The summed E-state index contributed by atoms with van der Waals surface area (Å²) in [6.45, 7) is 4.11. The van der Waals surface area contributed by atoms with Crippen LogP contribution < -0.4 is 16.0 Å². The van der Waals surface area contributed by atoms with Crippen LogP contribution in [0.25, 0.3) is 0 Å². The van der Waals surface area contributed by atoms with E-state index in [1.807, 2.05) is 6.92 Å². The normalized spacial score (nSPS) is 21.3. The lowest BCUT2D eigenvalue weighted by Gasteiger charge is -2.22. The number of carbonyl (C=O) groups excluding carboxylic acids is 3. The molecule has 0 aromatic carbocycles. The highest BCUT2D eigenvalue weighted by Crippen LogP contribution is 2.03. The molecule has 3 amide bonds. The van der Waals surface area contributed by atoms with Gasteiger partial charge < -0.3 is 5.32 Å². The molecule has 1 heterocycles. The van der Waals surface area contributed by atoms with Crippen LogP contribution in [0, 0.1) is 0 Å². The van der Waals surface area contributed by atoms with E-state index in [0.717, 1.165) is 12.8 Å². The van der Waals surface area contributed by atoms with Crippen LogP contribution in [-0.2, 0) is 14.4 Å². The fourth-order valence-electron chi connectivity index (χ4n) is 1.94. The zero-order valence-corrected chi connectivity index (χ0v) is 10.9. The minimum Gasteiger partial charge on any atom is -0.353 e. The summed E-state index contributed by atoms with van der Waals surface area (Å²) in [7, 11) is 0. The Balaban J connectivity index is 2.26. The van der Waals surface area contributed by atoms with Gasteiger partial charge in [-0.25, -0.2) is 0 Å². The maximum atomic E-state index is 11.6. The van der Waals surface area contributed by atoms with Gasteiger partial charge in [-0.05, 0) is 19.8 Å². The number of amides is 3. The fourth-order valence-corrected chi connectivity index (χ4v) is 1.94. The molecule has 0 radical (unpaired) electrons. The van der Waals surface area contributed by atoms with Crippen LogP contribution in [-0.4, -0.2) is 36.3 Å². The monoisotopic (exact) mass is 255 g/mol. The smallest absolute Gasteiger partial charge is 0.243 e. The second-order valence-electron chi connectivity index (χ2n) is 4.64. The Morgan fingerprint density at radius 2 is 2.22 bits per heavy atom. The number of rotatable bonds is 6. The molecule has 1 aliphatic rings. The highest BCUT2D eigenvalue weighted by atomic mass is 16.2. The first-order chi connectivity index (χ1) is 8.52. The van der Waals surface area contributed by atoms with Crippen molar-refractivity contribution in [3.8, 4) is 0 Å². The number of nitrogens with one attached hydrogen (secondary N) is 3. The zero-order chi connectivity index (χ0) is 13.5. The Bertz CT molecular complexity index is 331. The number of carbonyl (C=O) groups is 3. The van der Waals surface area contributed by atoms with Crippen LogP contribution in [0.15, 0.2) is 0 Å². The van der Waals surface area contributed by atoms with Crippen molar-refractivity contribution >= 4 is 17.7 Å². The van der Waals surface area contributed by atoms with Gasteiger partial charge in [-0.2, -0.15) is 0 Å². The summed E-state index contributed by atoms with van der Waals surface area (Å²) in [4.78, 5) is 33.9. The van der Waals surface area contributed by atoms with E-state index >= 15 is 0 Å². The van der Waals surface area contributed by atoms with Crippen LogP contribution in [0.3, 0.4) is 0 Å². The third-order valence-electron chi connectivity index (χ3n) is 2.88. The van der Waals surface area contributed by atoms with Gasteiger partial charge in [0.25, 0.3) is 0 Å². The molecule has 2 atom stereocenters. The van der Waals surface area contributed by atoms with Crippen LogP contribution >= 0.6 is 0 Å². The molecule has 1 rings (SSSR count). The van der Waals surface area contributed by atoms with Crippen molar-refractivity contribution in [2.75, 3.05) is 6.54 Å². The minimum absolute atomic E-state index is 0.0976. The molecule has 6 nitrogen and oxygen atoms in total. The fraction of sp³-hybridized carbons (Fsp3) is 0.750. The molecule has 102 valence electrons. The molecule has 0 saturated carbocycles. The number of piperidine rings is 1. The predicted octanol–water partition coefficient (Wildman–Crippen LogP) is -0.314. The Labute approximate surface area is 107 Å². The van der Waals surface area contributed by atoms with E-state index in [0.29, 0.717) is 12.8 Å². The van der Waals surface area contributed by atoms with Gasteiger partial charge >= 0.3 is 0 Å². The summed E-state index contributed by atoms with van der Waals surface area (Å²) in [6, 6.07) is -0.305. The quantitative estimate of drug-likeness (QED) is 0.568. The Morgan fingerprint density at radius 3 is 2.83 bits per heavy atom. The van der Waals surface area contributed by atoms with Gasteiger partial charge in [-0.15, -0.1) is 0 Å². The zero-order valence-electron chi connectivity index (χ0n) is 10.9. The summed E-state index contributed by atoms with van der Waals surface area (Å²) in [5.74, 6) is -0.722. The number of hydrogen-bond donors (Lipinski definition) is 3. The molecule has 1 fully saturated rings. The summed E-state index contributed by atoms with van der Waals surface area (Å²) in [5, 5.41) is 7.95.